The van der Waals surface area contributed by atoms with Crippen LogP contribution in [0.4, 0.5) is 0 Å². The number of nitrogens with zero attached hydrogens (tertiary/aromatic N) is 1. The molecule has 0 spiro atoms. The molecule has 1 atom stereocenters. The van der Waals surface area contributed by atoms with Crippen molar-refractivity contribution in [2.24, 2.45) is 0 Å². The largest absolute Gasteiger partial charge is 0.301 e. The van der Waals surface area contributed by atoms with E-state index in [2.05, 4.69) is 36.5 Å². The van der Waals surface area contributed by atoms with E-state index in [1.807, 2.05) is 11.3 Å². The van der Waals surface area contributed by atoms with Crippen LogP contribution >= 0.6 is 11.3 Å². The summed E-state index contributed by atoms with van der Waals surface area (Å²) in [5.74, 6) is 0. The quantitative estimate of drug-likeness (QED) is 0.916. The fourth-order valence-electron chi connectivity index (χ4n) is 3.05. The molecule has 1 saturated carbocycles. The summed E-state index contributed by atoms with van der Waals surface area (Å²) < 4.78 is 0. The maximum absolute atomic E-state index is 4.99. The van der Waals surface area contributed by atoms with Gasteiger partial charge in [-0.05, 0) is 51.0 Å². The minimum absolute atomic E-state index is 0.286. The molecule has 1 unspecified atom stereocenters. The van der Waals surface area contributed by atoms with Gasteiger partial charge in [-0.2, -0.15) is 0 Å². The predicted molar refractivity (Wildman–Crippen MR) is 87.9 cm³/mol. The van der Waals surface area contributed by atoms with Crippen molar-refractivity contribution in [3.05, 3.63) is 51.0 Å². The Kier molecular flexibility index (Phi) is 3.56. The van der Waals surface area contributed by atoms with Crippen LogP contribution in [0.3, 0.4) is 0 Å². The summed E-state index contributed by atoms with van der Waals surface area (Å²) in [7, 11) is 0. The first-order valence-corrected chi connectivity index (χ1v) is 8.92. The third-order valence-electron chi connectivity index (χ3n) is 4.50. The Bertz CT molecular complexity index is 602. The summed E-state index contributed by atoms with van der Waals surface area (Å²) in [6.45, 7) is 2.15. The van der Waals surface area contributed by atoms with Crippen molar-refractivity contribution in [2.45, 2.75) is 57.5 Å². The second kappa shape index (κ2) is 5.54. The topological polar surface area (TPSA) is 24.9 Å². The second-order valence-corrected chi connectivity index (χ2v) is 7.53. The molecule has 21 heavy (non-hydrogen) atoms. The average molecular weight is 298 g/mol. The van der Waals surface area contributed by atoms with Gasteiger partial charge in [-0.25, -0.2) is 4.98 Å². The molecular formula is C18H22N2S. The number of benzene rings is 1. The lowest BCUT2D eigenvalue weighted by Gasteiger charge is -2.17. The van der Waals surface area contributed by atoms with E-state index in [4.69, 9.17) is 4.98 Å². The highest BCUT2D eigenvalue weighted by Gasteiger charge is 2.29. The van der Waals surface area contributed by atoms with Crippen LogP contribution in [-0.4, -0.2) is 11.0 Å². The van der Waals surface area contributed by atoms with Gasteiger partial charge in [0.15, 0.2) is 0 Å². The molecule has 0 bridgehead atoms. The summed E-state index contributed by atoms with van der Waals surface area (Å²) in [6.07, 6.45) is 7.68. The van der Waals surface area contributed by atoms with E-state index >= 15 is 0 Å². The number of aryl methyl sites for hydroxylation is 3. The Balaban J connectivity index is 1.67. The molecule has 0 amide bonds. The smallest absolute Gasteiger partial charge is 0.115 e. The Morgan fingerprint density at radius 3 is 2.62 bits per heavy atom. The number of rotatable bonds is 4. The molecule has 2 nitrogen and oxygen atoms in total. The average Bonchev–Trinajstić information content (AvgIpc) is 3.22. The molecule has 1 N–H and O–H groups in total. The minimum atomic E-state index is 0.286. The highest BCUT2D eigenvalue weighted by atomic mass is 32.1. The van der Waals surface area contributed by atoms with Crippen molar-refractivity contribution in [3.8, 4) is 0 Å². The first-order valence-electron chi connectivity index (χ1n) is 8.11. The van der Waals surface area contributed by atoms with Crippen molar-refractivity contribution in [1.82, 2.24) is 10.3 Å². The summed E-state index contributed by atoms with van der Waals surface area (Å²) in [4.78, 5) is 6.52. The molecule has 4 rings (SSSR count). The molecule has 110 valence electrons. The summed E-state index contributed by atoms with van der Waals surface area (Å²) >= 11 is 1.94. The fourth-order valence-corrected chi connectivity index (χ4v) is 4.29. The molecular weight excluding hydrogens is 276 g/mol. The van der Waals surface area contributed by atoms with Crippen LogP contribution in [0.1, 0.15) is 58.4 Å². The van der Waals surface area contributed by atoms with Crippen molar-refractivity contribution < 1.29 is 0 Å². The van der Waals surface area contributed by atoms with E-state index in [9.17, 15) is 0 Å². The molecule has 2 aromatic rings. The lowest BCUT2D eigenvalue weighted by atomic mass is 10.0. The second-order valence-electron chi connectivity index (χ2n) is 6.41. The summed E-state index contributed by atoms with van der Waals surface area (Å²) in [5.41, 5.74) is 4.05. The summed E-state index contributed by atoms with van der Waals surface area (Å²) in [5, 5.41) is 5.08. The first kappa shape index (κ1) is 13.5. The van der Waals surface area contributed by atoms with Crippen LogP contribution in [-0.2, 0) is 12.8 Å². The number of hydrogen-bond acceptors (Lipinski definition) is 3. The molecule has 0 radical (unpaired) electrons. The Labute approximate surface area is 130 Å². The molecule has 0 saturated heterocycles. The Morgan fingerprint density at radius 2 is 1.90 bits per heavy atom. The number of hydrogen-bond donors (Lipinski definition) is 1. The first-order chi connectivity index (χ1) is 10.3. The van der Waals surface area contributed by atoms with Gasteiger partial charge in [0, 0.05) is 10.9 Å². The van der Waals surface area contributed by atoms with E-state index in [-0.39, 0.29) is 6.04 Å². The van der Waals surface area contributed by atoms with Crippen LogP contribution in [0.25, 0.3) is 0 Å². The van der Waals surface area contributed by atoms with Crippen LogP contribution in [0.15, 0.2) is 24.3 Å². The van der Waals surface area contributed by atoms with E-state index in [0.29, 0.717) is 6.04 Å². The van der Waals surface area contributed by atoms with Gasteiger partial charge >= 0.3 is 0 Å². The molecule has 1 heterocycles. The van der Waals surface area contributed by atoms with Crippen molar-refractivity contribution >= 4 is 11.3 Å². The van der Waals surface area contributed by atoms with Gasteiger partial charge in [0.2, 0.25) is 0 Å². The molecule has 1 aromatic carbocycles. The van der Waals surface area contributed by atoms with E-state index < -0.39 is 0 Å². The number of fused-ring (bicyclic) bond motifs is 1. The molecule has 1 fully saturated rings. The molecule has 2 aliphatic rings. The maximum Gasteiger partial charge on any atom is 0.115 e. The summed E-state index contributed by atoms with van der Waals surface area (Å²) in [6, 6.07) is 9.92. The minimum Gasteiger partial charge on any atom is -0.301 e. The number of thiazole rings is 1. The number of nitrogens with one attached hydrogen (secondary N) is 1. The predicted octanol–water partition coefficient (Wildman–Crippen LogP) is 4.17. The Morgan fingerprint density at radius 1 is 1.14 bits per heavy atom. The SMILES string of the molecule is Cc1ccc(C(NC2CC2)c2nc3c(s2)CCCC3)cc1. The van der Waals surface area contributed by atoms with Gasteiger partial charge in [-0.1, -0.05) is 29.8 Å². The zero-order valence-corrected chi connectivity index (χ0v) is 13.4. The lowest BCUT2D eigenvalue weighted by molar-refractivity contribution is 0.594. The zero-order chi connectivity index (χ0) is 14.2. The normalized spacial score (nSPS) is 19.3. The van der Waals surface area contributed by atoms with E-state index in [1.165, 1.54) is 65.2 Å². The molecule has 2 aliphatic carbocycles. The molecule has 3 heteroatoms. The maximum atomic E-state index is 4.99. The highest BCUT2D eigenvalue weighted by molar-refractivity contribution is 7.11. The van der Waals surface area contributed by atoms with Crippen molar-refractivity contribution in [2.75, 3.05) is 0 Å². The van der Waals surface area contributed by atoms with Gasteiger partial charge in [-0.15, -0.1) is 11.3 Å². The van der Waals surface area contributed by atoms with Crippen molar-refractivity contribution in [1.29, 1.82) is 0 Å². The van der Waals surface area contributed by atoms with Gasteiger partial charge in [0.05, 0.1) is 11.7 Å². The van der Waals surface area contributed by atoms with Gasteiger partial charge < -0.3 is 5.32 Å². The van der Waals surface area contributed by atoms with Gasteiger partial charge in [0.1, 0.15) is 5.01 Å². The standard InChI is InChI=1S/C18H22N2S/c1-12-6-8-13(9-7-12)17(19-14-10-11-14)18-20-15-4-2-3-5-16(15)21-18/h6-9,14,17,19H,2-5,10-11H2,1H3. The third-order valence-corrected chi connectivity index (χ3v) is 5.72. The van der Waals surface area contributed by atoms with Crippen LogP contribution < -0.4 is 5.32 Å². The van der Waals surface area contributed by atoms with Gasteiger partial charge in [-0.3, -0.25) is 0 Å². The van der Waals surface area contributed by atoms with Crippen LogP contribution in [0, 0.1) is 6.92 Å². The van der Waals surface area contributed by atoms with Crippen LogP contribution in [0.5, 0.6) is 0 Å². The Hall–Kier alpha value is -1.19. The van der Waals surface area contributed by atoms with E-state index in [0.717, 1.165) is 0 Å². The third kappa shape index (κ3) is 2.90. The van der Waals surface area contributed by atoms with E-state index in [1.54, 1.807) is 0 Å². The zero-order valence-electron chi connectivity index (χ0n) is 12.6. The monoisotopic (exact) mass is 298 g/mol. The highest BCUT2D eigenvalue weighted by Crippen LogP contribution is 2.34. The van der Waals surface area contributed by atoms with Gasteiger partial charge in [0.25, 0.3) is 0 Å². The lowest BCUT2D eigenvalue weighted by Crippen LogP contribution is -2.24. The number of aromatic nitrogens is 1. The van der Waals surface area contributed by atoms with Crippen LogP contribution in [0.2, 0.25) is 0 Å². The fraction of sp³-hybridized carbons (Fsp3) is 0.500. The van der Waals surface area contributed by atoms with Crippen molar-refractivity contribution in [3.63, 3.8) is 0 Å². The molecule has 0 aliphatic heterocycles. The molecule has 1 aromatic heterocycles.